The Balaban J connectivity index is 2.15. The summed E-state index contributed by atoms with van der Waals surface area (Å²) in [7, 11) is 0. The van der Waals surface area contributed by atoms with Gasteiger partial charge in [-0.3, -0.25) is 10.1 Å². The molecule has 0 spiro atoms. The molecule has 1 aromatic rings. The van der Waals surface area contributed by atoms with Gasteiger partial charge in [0.15, 0.2) is 0 Å². The quantitative estimate of drug-likeness (QED) is 0.817. The van der Waals surface area contributed by atoms with Crippen molar-refractivity contribution in [3.05, 3.63) is 5.51 Å². The maximum absolute atomic E-state index is 12.3. The number of carbonyl (C=O) groups excluding carboxylic acids is 1. The lowest BCUT2D eigenvalue weighted by Crippen LogP contribution is -2.47. The molecular formula is C10H14N4OS2. The Hall–Kier alpha value is -1.08. The molecule has 1 aliphatic rings. The molecule has 2 rings (SSSR count). The summed E-state index contributed by atoms with van der Waals surface area (Å²) in [5.74, 6) is -0.138. The van der Waals surface area contributed by atoms with Crippen LogP contribution in [0.2, 0.25) is 0 Å². The first-order valence-corrected chi connectivity index (χ1v) is 6.81. The summed E-state index contributed by atoms with van der Waals surface area (Å²) >= 11 is 6.37. The van der Waals surface area contributed by atoms with Crippen molar-refractivity contribution >= 4 is 39.6 Å². The number of amides is 1. The Morgan fingerprint density at radius 1 is 1.47 bits per heavy atom. The topological polar surface area (TPSA) is 80.9 Å². The predicted molar refractivity (Wildman–Crippen MR) is 70.8 cm³/mol. The predicted octanol–water partition coefficient (Wildman–Crippen LogP) is 1.71. The molecule has 1 aromatic heterocycles. The summed E-state index contributed by atoms with van der Waals surface area (Å²) in [6.07, 6.45) is 4.57. The van der Waals surface area contributed by atoms with Gasteiger partial charge in [-0.1, -0.05) is 42.8 Å². The fourth-order valence-electron chi connectivity index (χ4n) is 2.18. The molecule has 1 amide bonds. The van der Waals surface area contributed by atoms with Crippen LogP contribution in [0, 0.1) is 5.41 Å². The van der Waals surface area contributed by atoms with E-state index in [9.17, 15) is 4.79 Å². The van der Waals surface area contributed by atoms with Gasteiger partial charge in [0.05, 0.1) is 10.4 Å². The third-order valence-corrected chi connectivity index (χ3v) is 4.19. The lowest BCUT2D eigenvalue weighted by atomic mass is 9.73. The summed E-state index contributed by atoms with van der Waals surface area (Å²) in [5, 5.41) is 10.7. The average molecular weight is 270 g/mol. The van der Waals surface area contributed by atoms with Crippen molar-refractivity contribution < 1.29 is 4.79 Å². The SMILES string of the molecule is NC(=S)C1(C(=O)Nc2nncs2)CCCCC1. The highest BCUT2D eigenvalue weighted by atomic mass is 32.1. The molecule has 17 heavy (non-hydrogen) atoms. The van der Waals surface area contributed by atoms with Crippen molar-refractivity contribution in [1.29, 1.82) is 0 Å². The minimum atomic E-state index is -0.695. The van der Waals surface area contributed by atoms with E-state index in [2.05, 4.69) is 15.5 Å². The van der Waals surface area contributed by atoms with Crippen molar-refractivity contribution in [3.63, 3.8) is 0 Å². The van der Waals surface area contributed by atoms with Gasteiger partial charge in [-0.15, -0.1) is 10.2 Å². The van der Waals surface area contributed by atoms with Gasteiger partial charge in [0.2, 0.25) is 11.0 Å². The second-order valence-corrected chi connectivity index (χ2v) is 5.48. The minimum absolute atomic E-state index is 0.138. The van der Waals surface area contributed by atoms with Crippen LogP contribution in [0.15, 0.2) is 5.51 Å². The van der Waals surface area contributed by atoms with Gasteiger partial charge in [-0.05, 0) is 12.8 Å². The monoisotopic (exact) mass is 270 g/mol. The third kappa shape index (κ3) is 2.44. The van der Waals surface area contributed by atoms with Gasteiger partial charge < -0.3 is 5.73 Å². The molecule has 1 heterocycles. The van der Waals surface area contributed by atoms with E-state index < -0.39 is 5.41 Å². The van der Waals surface area contributed by atoms with Gasteiger partial charge in [-0.2, -0.15) is 0 Å². The van der Waals surface area contributed by atoms with Gasteiger partial charge in [0.1, 0.15) is 5.51 Å². The lowest BCUT2D eigenvalue weighted by Gasteiger charge is -2.34. The first-order chi connectivity index (χ1) is 8.15. The van der Waals surface area contributed by atoms with Crippen LogP contribution in [0.5, 0.6) is 0 Å². The summed E-state index contributed by atoms with van der Waals surface area (Å²) in [6, 6.07) is 0. The molecule has 0 bridgehead atoms. The Bertz CT molecular complexity index is 412. The maximum Gasteiger partial charge on any atom is 0.239 e. The number of carbonyl (C=O) groups is 1. The largest absolute Gasteiger partial charge is 0.392 e. The number of nitrogens with one attached hydrogen (secondary N) is 1. The van der Waals surface area contributed by atoms with Crippen LogP contribution >= 0.6 is 23.6 Å². The molecule has 3 N–H and O–H groups in total. The molecule has 1 saturated carbocycles. The summed E-state index contributed by atoms with van der Waals surface area (Å²) in [6.45, 7) is 0. The van der Waals surface area contributed by atoms with Crippen molar-refractivity contribution in [2.45, 2.75) is 32.1 Å². The summed E-state index contributed by atoms with van der Waals surface area (Å²) in [5.41, 5.74) is 6.65. The van der Waals surface area contributed by atoms with E-state index in [1.54, 1.807) is 5.51 Å². The minimum Gasteiger partial charge on any atom is -0.392 e. The van der Waals surface area contributed by atoms with Gasteiger partial charge in [-0.25, -0.2) is 0 Å². The highest BCUT2D eigenvalue weighted by molar-refractivity contribution is 7.80. The number of thiocarbonyl (C=S) groups is 1. The first-order valence-electron chi connectivity index (χ1n) is 5.53. The zero-order chi connectivity index (χ0) is 12.3. The molecule has 7 heteroatoms. The van der Waals surface area contributed by atoms with Crippen LogP contribution in [0.4, 0.5) is 5.13 Å². The fourth-order valence-corrected chi connectivity index (χ4v) is 2.92. The zero-order valence-corrected chi connectivity index (χ0v) is 10.9. The van der Waals surface area contributed by atoms with E-state index in [-0.39, 0.29) is 5.91 Å². The van der Waals surface area contributed by atoms with Crippen molar-refractivity contribution in [2.24, 2.45) is 11.1 Å². The van der Waals surface area contributed by atoms with Crippen LogP contribution in [-0.2, 0) is 4.79 Å². The first kappa shape index (κ1) is 12.4. The second-order valence-electron chi connectivity index (χ2n) is 4.21. The molecule has 0 saturated heterocycles. The molecule has 0 radical (unpaired) electrons. The highest BCUT2D eigenvalue weighted by Crippen LogP contribution is 2.37. The zero-order valence-electron chi connectivity index (χ0n) is 9.31. The summed E-state index contributed by atoms with van der Waals surface area (Å²) in [4.78, 5) is 12.6. The number of nitrogens with zero attached hydrogens (tertiary/aromatic N) is 2. The molecule has 1 fully saturated rings. The average Bonchev–Trinajstić information content (AvgIpc) is 2.82. The van der Waals surface area contributed by atoms with Crippen LogP contribution < -0.4 is 11.1 Å². The normalized spacial score (nSPS) is 18.6. The fraction of sp³-hybridized carbons (Fsp3) is 0.600. The smallest absolute Gasteiger partial charge is 0.239 e. The second kappa shape index (κ2) is 5.05. The molecule has 0 atom stereocenters. The van der Waals surface area contributed by atoms with E-state index >= 15 is 0 Å². The van der Waals surface area contributed by atoms with E-state index in [4.69, 9.17) is 18.0 Å². The Morgan fingerprint density at radius 3 is 2.71 bits per heavy atom. The van der Waals surface area contributed by atoms with Crippen LogP contribution in [0.1, 0.15) is 32.1 Å². The number of rotatable bonds is 3. The Labute approximate surface area is 109 Å². The molecule has 1 aliphatic carbocycles. The van der Waals surface area contributed by atoms with E-state index in [1.807, 2.05) is 0 Å². The van der Waals surface area contributed by atoms with E-state index in [1.165, 1.54) is 11.3 Å². The van der Waals surface area contributed by atoms with Crippen LogP contribution in [-0.4, -0.2) is 21.1 Å². The number of nitrogens with two attached hydrogens (primary N) is 1. The number of anilines is 1. The molecule has 0 aliphatic heterocycles. The van der Waals surface area contributed by atoms with Gasteiger partial charge >= 0.3 is 0 Å². The third-order valence-electron chi connectivity index (χ3n) is 3.19. The van der Waals surface area contributed by atoms with Crippen molar-refractivity contribution in [3.8, 4) is 0 Å². The highest BCUT2D eigenvalue weighted by Gasteiger charge is 2.42. The lowest BCUT2D eigenvalue weighted by molar-refractivity contribution is -0.123. The number of aromatic nitrogens is 2. The molecule has 5 nitrogen and oxygen atoms in total. The van der Waals surface area contributed by atoms with Crippen LogP contribution in [0.3, 0.4) is 0 Å². The molecular weight excluding hydrogens is 256 g/mol. The number of hydrogen-bond acceptors (Lipinski definition) is 5. The van der Waals surface area contributed by atoms with Gasteiger partial charge in [0, 0.05) is 0 Å². The maximum atomic E-state index is 12.3. The molecule has 0 unspecified atom stereocenters. The van der Waals surface area contributed by atoms with Crippen LogP contribution in [0.25, 0.3) is 0 Å². The Morgan fingerprint density at radius 2 is 2.18 bits per heavy atom. The molecule has 92 valence electrons. The van der Waals surface area contributed by atoms with Crippen molar-refractivity contribution in [1.82, 2.24) is 10.2 Å². The standard InChI is InChI=1S/C10H14N4OS2/c11-7(16)10(4-2-1-3-5-10)8(15)13-9-14-12-6-17-9/h6H,1-5H2,(H2,11,16)(H,13,14,15). The Kier molecular flexibility index (Phi) is 3.68. The van der Waals surface area contributed by atoms with E-state index in [0.29, 0.717) is 10.1 Å². The van der Waals surface area contributed by atoms with Gasteiger partial charge in [0.25, 0.3) is 0 Å². The number of hydrogen-bond donors (Lipinski definition) is 2. The van der Waals surface area contributed by atoms with Crippen molar-refractivity contribution in [2.75, 3.05) is 5.32 Å². The van der Waals surface area contributed by atoms with E-state index in [0.717, 1.165) is 32.1 Å². The molecule has 0 aromatic carbocycles. The summed E-state index contributed by atoms with van der Waals surface area (Å²) < 4.78 is 0.